The lowest BCUT2D eigenvalue weighted by molar-refractivity contribution is 0.0601. The number of ether oxygens (including phenoxy) is 2. The van der Waals surface area contributed by atoms with Crippen LogP contribution < -0.4 is 10.6 Å². The smallest absolute Gasteiger partial charge is 0.348 e. The summed E-state index contributed by atoms with van der Waals surface area (Å²) < 4.78 is 11.4. The number of thiocarbonyl (C=S) groups is 1. The van der Waals surface area contributed by atoms with Crippen molar-refractivity contribution in [2.45, 2.75) is 26.9 Å². The summed E-state index contributed by atoms with van der Waals surface area (Å²) in [5.41, 5.74) is 1.73. The minimum Gasteiger partial charge on any atom is -0.465 e. The van der Waals surface area contributed by atoms with E-state index in [0.717, 1.165) is 23.6 Å². The second-order valence-electron chi connectivity index (χ2n) is 5.19. The first-order valence-electron chi connectivity index (χ1n) is 7.78. The SMILES string of the molecule is CCn1nccc1CNC(=S)Nc1sc(C(=O)OC)c(C)c1C(=O)OC. The van der Waals surface area contributed by atoms with E-state index in [9.17, 15) is 9.59 Å². The van der Waals surface area contributed by atoms with Crippen molar-refractivity contribution in [3.05, 3.63) is 34.0 Å². The van der Waals surface area contributed by atoms with Crippen molar-refractivity contribution in [2.75, 3.05) is 19.5 Å². The molecule has 10 heteroatoms. The van der Waals surface area contributed by atoms with Gasteiger partial charge in [-0.2, -0.15) is 5.10 Å². The van der Waals surface area contributed by atoms with Gasteiger partial charge < -0.3 is 20.1 Å². The summed E-state index contributed by atoms with van der Waals surface area (Å²) in [6.07, 6.45) is 1.72. The number of methoxy groups -OCH3 is 2. The summed E-state index contributed by atoms with van der Waals surface area (Å²) in [5, 5.41) is 11.0. The van der Waals surface area contributed by atoms with Crippen LogP contribution in [0.4, 0.5) is 5.00 Å². The molecule has 2 N–H and O–H groups in total. The standard InChI is InChI=1S/C16H20N4O4S2/c1-5-20-10(6-7-18-20)8-17-16(25)19-13-11(14(21)23-3)9(2)12(26-13)15(22)24-4/h6-7H,5,8H2,1-4H3,(H2,17,19,25). The fraction of sp³-hybridized carbons (Fsp3) is 0.375. The first-order chi connectivity index (χ1) is 12.4. The molecule has 0 unspecified atom stereocenters. The Morgan fingerprint density at radius 1 is 1.31 bits per heavy atom. The summed E-state index contributed by atoms with van der Waals surface area (Å²) in [6.45, 7) is 4.89. The molecule has 0 bridgehead atoms. The molecule has 0 spiro atoms. The molecule has 0 aliphatic carbocycles. The molecule has 0 saturated heterocycles. The molecule has 0 fully saturated rings. The normalized spacial score (nSPS) is 10.3. The largest absolute Gasteiger partial charge is 0.465 e. The zero-order chi connectivity index (χ0) is 19.3. The Labute approximate surface area is 160 Å². The second-order valence-corrected chi connectivity index (χ2v) is 6.62. The van der Waals surface area contributed by atoms with Crippen LogP contribution in [0.15, 0.2) is 12.3 Å². The van der Waals surface area contributed by atoms with Crippen LogP contribution in [0.1, 0.15) is 38.2 Å². The van der Waals surface area contributed by atoms with Gasteiger partial charge >= 0.3 is 11.9 Å². The highest BCUT2D eigenvalue weighted by molar-refractivity contribution is 7.80. The number of hydrogen-bond donors (Lipinski definition) is 2. The molecule has 2 aromatic heterocycles. The van der Waals surface area contributed by atoms with E-state index in [2.05, 4.69) is 15.7 Å². The first kappa shape index (κ1) is 19.9. The van der Waals surface area contributed by atoms with Gasteiger partial charge in [0.1, 0.15) is 9.88 Å². The fourth-order valence-electron chi connectivity index (χ4n) is 2.35. The second kappa shape index (κ2) is 8.77. The molecule has 0 atom stereocenters. The molecular formula is C16H20N4O4S2. The van der Waals surface area contributed by atoms with Gasteiger partial charge in [0.15, 0.2) is 5.11 Å². The van der Waals surface area contributed by atoms with E-state index in [4.69, 9.17) is 21.7 Å². The Morgan fingerprint density at radius 3 is 2.62 bits per heavy atom. The number of carbonyl (C=O) groups excluding carboxylic acids is 2. The van der Waals surface area contributed by atoms with E-state index in [1.807, 2.05) is 17.7 Å². The van der Waals surface area contributed by atoms with Gasteiger partial charge in [0.2, 0.25) is 0 Å². The van der Waals surface area contributed by atoms with Crippen LogP contribution in [0.3, 0.4) is 0 Å². The average Bonchev–Trinajstić information content (AvgIpc) is 3.22. The van der Waals surface area contributed by atoms with E-state index in [-0.39, 0.29) is 5.56 Å². The van der Waals surface area contributed by atoms with E-state index >= 15 is 0 Å². The van der Waals surface area contributed by atoms with Crippen molar-refractivity contribution in [2.24, 2.45) is 0 Å². The van der Waals surface area contributed by atoms with Crippen molar-refractivity contribution in [3.8, 4) is 0 Å². The van der Waals surface area contributed by atoms with E-state index < -0.39 is 11.9 Å². The monoisotopic (exact) mass is 396 g/mol. The van der Waals surface area contributed by atoms with Gasteiger partial charge in [0.25, 0.3) is 0 Å². The Morgan fingerprint density at radius 2 is 2.00 bits per heavy atom. The number of esters is 2. The number of aryl methyl sites for hydroxylation is 1. The summed E-state index contributed by atoms with van der Waals surface area (Å²) in [5.74, 6) is -1.07. The molecule has 140 valence electrons. The third-order valence-corrected chi connectivity index (χ3v) is 5.10. The number of aromatic nitrogens is 2. The highest BCUT2D eigenvalue weighted by Crippen LogP contribution is 2.34. The summed E-state index contributed by atoms with van der Waals surface area (Å²) in [4.78, 5) is 24.3. The lowest BCUT2D eigenvalue weighted by Gasteiger charge is -2.11. The number of rotatable bonds is 6. The van der Waals surface area contributed by atoms with Gasteiger partial charge in [0, 0.05) is 12.7 Å². The predicted molar refractivity (Wildman–Crippen MR) is 103 cm³/mol. The first-order valence-corrected chi connectivity index (χ1v) is 9.00. The van der Waals surface area contributed by atoms with Gasteiger partial charge in [-0.1, -0.05) is 0 Å². The van der Waals surface area contributed by atoms with E-state index in [1.165, 1.54) is 14.2 Å². The molecule has 8 nitrogen and oxygen atoms in total. The molecule has 0 aromatic carbocycles. The van der Waals surface area contributed by atoms with Crippen LogP contribution in [-0.4, -0.2) is 41.1 Å². The van der Waals surface area contributed by atoms with Crippen molar-refractivity contribution in [1.82, 2.24) is 15.1 Å². The Bertz CT molecular complexity index is 828. The quantitative estimate of drug-likeness (QED) is 0.568. The number of hydrogen-bond acceptors (Lipinski definition) is 7. The minimum absolute atomic E-state index is 0.264. The minimum atomic E-state index is -0.553. The van der Waals surface area contributed by atoms with Crippen LogP contribution in [0.2, 0.25) is 0 Å². The van der Waals surface area contributed by atoms with Crippen LogP contribution in [0, 0.1) is 6.92 Å². The van der Waals surface area contributed by atoms with Crippen molar-refractivity contribution in [3.63, 3.8) is 0 Å². The molecular weight excluding hydrogens is 376 g/mol. The maximum atomic E-state index is 12.1. The van der Waals surface area contributed by atoms with Crippen molar-refractivity contribution >= 4 is 45.6 Å². The van der Waals surface area contributed by atoms with Crippen molar-refractivity contribution in [1.29, 1.82) is 0 Å². The van der Waals surface area contributed by atoms with Gasteiger partial charge in [-0.25, -0.2) is 9.59 Å². The molecule has 0 aliphatic heterocycles. The Kier molecular flexibility index (Phi) is 6.70. The summed E-state index contributed by atoms with van der Waals surface area (Å²) in [7, 11) is 2.57. The molecule has 0 aliphatic rings. The average molecular weight is 396 g/mol. The topological polar surface area (TPSA) is 94.5 Å². The predicted octanol–water partition coefficient (Wildman–Crippen LogP) is 2.33. The van der Waals surface area contributed by atoms with Gasteiger partial charge in [0.05, 0.1) is 32.0 Å². The molecule has 2 heterocycles. The summed E-state index contributed by atoms with van der Waals surface area (Å²) >= 11 is 6.39. The van der Waals surface area contributed by atoms with Crippen molar-refractivity contribution < 1.29 is 19.1 Å². The number of nitrogens with one attached hydrogen (secondary N) is 2. The lowest BCUT2D eigenvalue weighted by atomic mass is 10.1. The maximum absolute atomic E-state index is 12.1. The Hall–Kier alpha value is -2.46. The molecule has 2 aromatic rings. The highest BCUT2D eigenvalue weighted by Gasteiger charge is 2.26. The van der Waals surface area contributed by atoms with Gasteiger partial charge in [-0.3, -0.25) is 4.68 Å². The number of thiophene rings is 1. The number of carbonyl (C=O) groups is 2. The van der Waals surface area contributed by atoms with Crippen LogP contribution >= 0.6 is 23.6 Å². The third kappa shape index (κ3) is 4.20. The molecule has 0 amide bonds. The Balaban J connectivity index is 2.18. The molecule has 0 radical (unpaired) electrons. The zero-order valence-electron chi connectivity index (χ0n) is 14.9. The number of nitrogens with zero attached hydrogens (tertiary/aromatic N) is 2. The number of anilines is 1. The lowest BCUT2D eigenvalue weighted by Crippen LogP contribution is -2.29. The summed E-state index contributed by atoms with van der Waals surface area (Å²) in [6, 6.07) is 1.89. The zero-order valence-corrected chi connectivity index (χ0v) is 16.5. The fourth-order valence-corrected chi connectivity index (χ4v) is 3.71. The highest BCUT2D eigenvalue weighted by atomic mass is 32.1. The third-order valence-electron chi connectivity index (χ3n) is 3.67. The van der Waals surface area contributed by atoms with E-state index in [0.29, 0.717) is 27.1 Å². The van der Waals surface area contributed by atoms with Crippen LogP contribution in [0.5, 0.6) is 0 Å². The van der Waals surface area contributed by atoms with Crippen LogP contribution in [0.25, 0.3) is 0 Å². The molecule has 0 saturated carbocycles. The van der Waals surface area contributed by atoms with Crippen LogP contribution in [-0.2, 0) is 22.6 Å². The molecule has 26 heavy (non-hydrogen) atoms. The molecule has 2 rings (SSSR count). The van der Waals surface area contributed by atoms with E-state index in [1.54, 1.807) is 13.1 Å². The maximum Gasteiger partial charge on any atom is 0.348 e. The van der Waals surface area contributed by atoms with Gasteiger partial charge in [-0.05, 0) is 37.7 Å². The van der Waals surface area contributed by atoms with Gasteiger partial charge in [-0.15, -0.1) is 11.3 Å².